The molecule has 0 saturated heterocycles. The highest BCUT2D eigenvalue weighted by Gasteiger charge is 2.24. The van der Waals surface area contributed by atoms with E-state index < -0.39 is 18.2 Å². The number of rotatable bonds is 44. The van der Waals surface area contributed by atoms with Crippen LogP contribution in [0, 0.1) is 0 Å². The van der Waals surface area contributed by atoms with Crippen molar-refractivity contribution in [3.63, 3.8) is 0 Å². The van der Waals surface area contributed by atoms with Gasteiger partial charge in [-0.2, -0.15) is 0 Å². The van der Waals surface area contributed by atoms with Gasteiger partial charge in [-0.3, -0.25) is 9.59 Å². The third kappa shape index (κ3) is 43.4. The first-order chi connectivity index (χ1) is 30.5. The monoisotopic (exact) mass is 862 g/mol. The van der Waals surface area contributed by atoms with Gasteiger partial charge in [0.1, 0.15) is 6.10 Å². The predicted molar refractivity (Wildman–Crippen MR) is 268 cm³/mol. The van der Waals surface area contributed by atoms with Crippen molar-refractivity contribution in [2.45, 2.75) is 238 Å². The molecular formula is C56H95NO5. The lowest BCUT2D eigenvalue weighted by Gasteiger charge is -2.24. The Morgan fingerprint density at radius 3 is 1.34 bits per heavy atom. The highest BCUT2D eigenvalue weighted by molar-refractivity contribution is 5.77. The van der Waals surface area contributed by atoms with E-state index in [9.17, 15) is 19.8 Å². The van der Waals surface area contributed by atoms with Crippen LogP contribution < -0.4 is 5.32 Å². The molecule has 0 bridgehead atoms. The molecule has 3 N–H and O–H groups in total. The average molecular weight is 862 g/mol. The maximum atomic E-state index is 13.2. The second-order valence-corrected chi connectivity index (χ2v) is 16.8. The van der Waals surface area contributed by atoms with E-state index in [2.05, 4.69) is 123 Å². The van der Waals surface area contributed by atoms with E-state index in [4.69, 9.17) is 4.74 Å². The van der Waals surface area contributed by atoms with Gasteiger partial charge in [0.05, 0.1) is 25.2 Å². The van der Waals surface area contributed by atoms with Gasteiger partial charge in [-0.05, 0) is 96.3 Å². The van der Waals surface area contributed by atoms with Crippen LogP contribution in [0.2, 0.25) is 0 Å². The fraction of sp³-hybridized carbons (Fsp3) is 0.679. The first kappa shape index (κ1) is 58.8. The summed E-state index contributed by atoms with van der Waals surface area (Å²) >= 11 is 0. The normalized spacial score (nSPS) is 14.1. The number of allylic oxidation sites excluding steroid dienone is 16. The SMILES string of the molecule is CC/C=C/C/C=C/C/C=C/C/C=C/CCCCCC(=O)OC(CCC/C=C/C/C=C/C/C=C/C/C=C/CC)CC(=O)NC(CO)C(O)CCCCCCCCCCCCCCC. The summed E-state index contributed by atoms with van der Waals surface area (Å²) < 4.78 is 5.89. The van der Waals surface area contributed by atoms with Crippen molar-refractivity contribution in [1.29, 1.82) is 0 Å². The number of unbranched alkanes of at least 4 members (excludes halogenated alkanes) is 16. The van der Waals surface area contributed by atoms with E-state index in [0.717, 1.165) is 109 Å². The molecule has 1 amide bonds. The summed E-state index contributed by atoms with van der Waals surface area (Å²) in [5.74, 6) is -0.573. The minimum Gasteiger partial charge on any atom is -0.462 e. The molecule has 0 fully saturated rings. The largest absolute Gasteiger partial charge is 0.462 e. The molecule has 0 aromatic rings. The van der Waals surface area contributed by atoms with E-state index in [1.54, 1.807) is 0 Å². The molecule has 0 heterocycles. The number of amides is 1. The molecule has 0 aliphatic rings. The van der Waals surface area contributed by atoms with Crippen LogP contribution in [0.3, 0.4) is 0 Å². The molecule has 0 saturated carbocycles. The molecular weight excluding hydrogens is 767 g/mol. The van der Waals surface area contributed by atoms with Gasteiger partial charge in [-0.15, -0.1) is 0 Å². The van der Waals surface area contributed by atoms with E-state index in [-0.39, 0.29) is 24.9 Å². The standard InChI is InChI=1S/C56H95NO5/c1-4-7-10-13-16-19-22-25-27-28-31-34-37-40-43-46-49-56(61)62-52(47-44-41-38-35-32-30-26-23-20-17-14-11-8-5-2)50-55(60)57-53(51-58)54(59)48-45-42-39-36-33-29-24-21-18-15-12-9-6-3/h7-8,10-11,16-17,19-20,25-27,30-31,34-35,38,52-54,58-59H,4-6,9,12-15,18,21-24,28-29,32-33,36-37,39-51H2,1-3H3,(H,57,60)/b10-7+,11-8+,19-16+,20-17+,27-25+,30-26+,34-31+,38-35+. The van der Waals surface area contributed by atoms with Gasteiger partial charge in [-0.25, -0.2) is 0 Å². The highest BCUT2D eigenvalue weighted by atomic mass is 16.5. The summed E-state index contributed by atoms with van der Waals surface area (Å²) in [6.45, 7) is 6.22. The van der Waals surface area contributed by atoms with Crippen LogP contribution in [0.15, 0.2) is 97.2 Å². The Balaban J connectivity index is 4.74. The van der Waals surface area contributed by atoms with Gasteiger partial charge in [0.15, 0.2) is 0 Å². The lowest BCUT2D eigenvalue weighted by molar-refractivity contribution is -0.151. The third-order valence-electron chi connectivity index (χ3n) is 10.9. The number of hydrogen-bond donors (Lipinski definition) is 3. The smallest absolute Gasteiger partial charge is 0.306 e. The van der Waals surface area contributed by atoms with Crippen LogP contribution in [0.25, 0.3) is 0 Å². The van der Waals surface area contributed by atoms with Crippen molar-refractivity contribution in [2.75, 3.05) is 6.61 Å². The van der Waals surface area contributed by atoms with Crippen LogP contribution in [0.1, 0.15) is 220 Å². The van der Waals surface area contributed by atoms with E-state index >= 15 is 0 Å². The number of esters is 1. The van der Waals surface area contributed by atoms with Crippen LogP contribution in [-0.2, 0) is 14.3 Å². The Labute approximate surface area is 382 Å². The maximum Gasteiger partial charge on any atom is 0.306 e. The second-order valence-electron chi connectivity index (χ2n) is 16.8. The quantitative estimate of drug-likeness (QED) is 0.0322. The Bertz CT molecular complexity index is 1240. The Morgan fingerprint density at radius 2 is 0.887 bits per heavy atom. The molecule has 0 aromatic carbocycles. The van der Waals surface area contributed by atoms with Gasteiger partial charge in [0, 0.05) is 6.42 Å². The molecule has 354 valence electrons. The fourth-order valence-electron chi connectivity index (χ4n) is 7.12. The summed E-state index contributed by atoms with van der Waals surface area (Å²) in [5.41, 5.74) is 0. The first-order valence-electron chi connectivity index (χ1n) is 25.5. The van der Waals surface area contributed by atoms with E-state index in [1.807, 2.05) is 0 Å². The lowest BCUT2D eigenvalue weighted by atomic mass is 10.0. The van der Waals surface area contributed by atoms with Crippen LogP contribution >= 0.6 is 0 Å². The minimum atomic E-state index is -0.813. The number of aliphatic hydroxyl groups excluding tert-OH is 2. The van der Waals surface area contributed by atoms with Crippen LogP contribution in [-0.4, -0.2) is 46.9 Å². The van der Waals surface area contributed by atoms with E-state index in [0.29, 0.717) is 19.3 Å². The van der Waals surface area contributed by atoms with E-state index in [1.165, 1.54) is 64.2 Å². The number of aliphatic hydroxyl groups is 2. The number of carbonyl (C=O) groups is 2. The summed E-state index contributed by atoms with van der Waals surface area (Å²) in [4.78, 5) is 26.1. The molecule has 0 aliphatic heterocycles. The topological polar surface area (TPSA) is 95.9 Å². The molecule has 0 radical (unpaired) electrons. The molecule has 62 heavy (non-hydrogen) atoms. The van der Waals surface area contributed by atoms with Crippen molar-refractivity contribution < 1.29 is 24.5 Å². The second kappa shape index (κ2) is 48.8. The highest BCUT2D eigenvalue weighted by Crippen LogP contribution is 2.16. The molecule has 3 atom stereocenters. The summed E-state index contributed by atoms with van der Waals surface area (Å²) in [6, 6.07) is -0.731. The first-order valence-corrected chi connectivity index (χ1v) is 25.5. The summed E-state index contributed by atoms with van der Waals surface area (Å²) in [5, 5.41) is 23.7. The molecule has 0 aliphatic carbocycles. The van der Waals surface area contributed by atoms with Crippen molar-refractivity contribution in [2.24, 2.45) is 0 Å². The summed E-state index contributed by atoms with van der Waals surface area (Å²) in [7, 11) is 0. The number of hydrogen-bond acceptors (Lipinski definition) is 5. The zero-order valence-corrected chi connectivity index (χ0v) is 40.2. The predicted octanol–water partition coefficient (Wildman–Crippen LogP) is 15.3. The average Bonchev–Trinajstić information content (AvgIpc) is 3.26. The molecule has 3 unspecified atom stereocenters. The lowest BCUT2D eigenvalue weighted by Crippen LogP contribution is -2.46. The van der Waals surface area contributed by atoms with Crippen molar-refractivity contribution >= 4 is 11.9 Å². The van der Waals surface area contributed by atoms with Gasteiger partial charge in [0.25, 0.3) is 0 Å². The Hall–Kier alpha value is -3.22. The van der Waals surface area contributed by atoms with Crippen molar-refractivity contribution in [3.8, 4) is 0 Å². The number of ether oxygens (including phenoxy) is 1. The third-order valence-corrected chi connectivity index (χ3v) is 10.9. The number of nitrogens with one attached hydrogen (secondary N) is 1. The zero-order chi connectivity index (χ0) is 45.2. The van der Waals surface area contributed by atoms with Crippen molar-refractivity contribution in [1.82, 2.24) is 5.32 Å². The van der Waals surface area contributed by atoms with Gasteiger partial charge in [0.2, 0.25) is 5.91 Å². The minimum absolute atomic E-state index is 0.0216. The molecule has 0 spiro atoms. The number of carbonyl (C=O) groups excluding carboxylic acids is 2. The molecule has 6 nitrogen and oxygen atoms in total. The summed E-state index contributed by atoms with van der Waals surface area (Å²) in [6.07, 6.45) is 64.7. The van der Waals surface area contributed by atoms with Crippen LogP contribution in [0.4, 0.5) is 0 Å². The Morgan fingerprint density at radius 1 is 0.484 bits per heavy atom. The van der Waals surface area contributed by atoms with Gasteiger partial charge >= 0.3 is 5.97 Å². The van der Waals surface area contributed by atoms with Crippen LogP contribution in [0.5, 0.6) is 0 Å². The zero-order valence-electron chi connectivity index (χ0n) is 40.2. The Kier molecular flexibility index (Phi) is 46.3. The van der Waals surface area contributed by atoms with Crippen molar-refractivity contribution in [3.05, 3.63) is 97.2 Å². The fourth-order valence-corrected chi connectivity index (χ4v) is 7.12. The molecule has 6 heteroatoms. The molecule has 0 aromatic heterocycles. The maximum absolute atomic E-state index is 13.2. The molecule has 0 rings (SSSR count). The van der Waals surface area contributed by atoms with Gasteiger partial charge in [-0.1, -0.05) is 208 Å². The van der Waals surface area contributed by atoms with Gasteiger partial charge < -0.3 is 20.3 Å².